The Balaban J connectivity index is 1.13. The molecule has 326 valence electrons. The Hall–Kier alpha value is -4.92. The van der Waals surface area contributed by atoms with Crippen molar-refractivity contribution in [3.8, 4) is 22.9 Å². The van der Waals surface area contributed by atoms with Gasteiger partial charge in [-0.05, 0) is 89.5 Å². The van der Waals surface area contributed by atoms with Gasteiger partial charge in [-0.25, -0.2) is 14.8 Å². The number of carbonyl (C=O) groups is 3. The molecule has 2 aliphatic carbocycles. The minimum atomic E-state index is -4.12. The first-order chi connectivity index (χ1) is 29.4. The van der Waals surface area contributed by atoms with Crippen molar-refractivity contribution < 1.29 is 42.5 Å². The van der Waals surface area contributed by atoms with Gasteiger partial charge in [-0.2, -0.15) is 0 Å². The largest absolute Gasteiger partial charge is 0.497 e. The third-order valence-electron chi connectivity index (χ3n) is 12.1. The van der Waals surface area contributed by atoms with E-state index in [0.29, 0.717) is 52.4 Å². The lowest BCUT2D eigenvalue weighted by molar-refractivity contribution is -0.140. The topological polar surface area (TPSA) is 194 Å². The fraction of sp³-hybridized carbons (Fsp3) is 0.523. The van der Waals surface area contributed by atoms with E-state index in [4.69, 9.17) is 28.6 Å². The molecule has 1 unspecified atom stereocenters. The predicted molar refractivity (Wildman–Crippen MR) is 232 cm³/mol. The van der Waals surface area contributed by atoms with Crippen LogP contribution in [0.25, 0.3) is 22.3 Å². The zero-order valence-corrected chi connectivity index (χ0v) is 36.6. The molecule has 4 N–H and O–H groups in total. The highest BCUT2D eigenvalue weighted by Crippen LogP contribution is 2.71. The molecule has 0 radical (unpaired) electrons. The number of carbonyl (C=O) groups excluding carboxylic acids is 3. The van der Waals surface area contributed by atoms with Crippen LogP contribution in [-0.4, -0.2) is 86.9 Å². The van der Waals surface area contributed by atoms with Crippen LogP contribution < -0.4 is 25.4 Å². The van der Waals surface area contributed by atoms with Crippen molar-refractivity contribution in [2.75, 3.05) is 19.0 Å². The maximum Gasteiger partial charge on any atom is 0.408 e. The van der Waals surface area contributed by atoms with E-state index in [-0.39, 0.29) is 43.6 Å². The Morgan fingerprint density at radius 3 is 2.67 bits per heavy atom. The number of thiazole rings is 1. The second-order valence-electron chi connectivity index (χ2n) is 16.9. The van der Waals surface area contributed by atoms with Crippen LogP contribution in [0, 0.1) is 5.92 Å². The van der Waals surface area contributed by atoms with Crippen LogP contribution in [0.4, 0.5) is 9.93 Å². The Labute approximate surface area is 359 Å². The first-order valence-corrected chi connectivity index (χ1v) is 24.1. The van der Waals surface area contributed by atoms with Crippen LogP contribution in [0.1, 0.15) is 90.2 Å². The van der Waals surface area contributed by atoms with Crippen LogP contribution in [0.5, 0.6) is 11.5 Å². The summed E-state index contributed by atoms with van der Waals surface area (Å²) in [6.45, 7) is 4.09. The van der Waals surface area contributed by atoms with E-state index < -0.39 is 48.7 Å². The summed E-state index contributed by atoms with van der Waals surface area (Å²) in [7, 11) is -2.54. The lowest BCUT2D eigenvalue weighted by Crippen LogP contribution is -2.55. The lowest BCUT2D eigenvalue weighted by Gasteiger charge is -2.31. The van der Waals surface area contributed by atoms with Crippen molar-refractivity contribution in [1.29, 1.82) is 0 Å². The molecule has 61 heavy (non-hydrogen) atoms. The maximum absolute atomic E-state index is 14.8. The molecule has 15 nitrogen and oxygen atoms in total. The van der Waals surface area contributed by atoms with E-state index in [2.05, 4.69) is 16.0 Å². The monoisotopic (exact) mass is 874 g/mol. The number of methoxy groups -OCH3 is 1. The van der Waals surface area contributed by atoms with E-state index in [0.717, 1.165) is 50.1 Å². The molecule has 1 aromatic carbocycles. The van der Waals surface area contributed by atoms with Gasteiger partial charge in [0.25, 0.3) is 0 Å². The number of nitrogens with zero attached hydrogens (tertiary/aromatic N) is 3. The average molecular weight is 875 g/mol. The zero-order chi connectivity index (χ0) is 42.7. The fourth-order valence-corrected chi connectivity index (χ4v) is 11.9. The van der Waals surface area contributed by atoms with Crippen LogP contribution in [-0.2, 0) is 25.1 Å². The minimum absolute atomic E-state index is 0.0146. The SMILES string of the molecule is COc1ccc2c(O[C@@H]3C[C@H]4C(=O)N[C@]5(P(=O)(O)Cc6ccco6)C[C@H]5/C=C\CCCCC[C@H](NC(=O)OC5CCCC5)C(=O)N4C3)cc(-c3csc(NC(C)C)n3)nc2c1. The van der Waals surface area contributed by atoms with Crippen molar-refractivity contribution in [2.24, 2.45) is 5.92 Å². The van der Waals surface area contributed by atoms with Crippen LogP contribution >= 0.6 is 18.7 Å². The number of aromatic nitrogens is 2. The third-order valence-corrected chi connectivity index (χ3v) is 15.5. The molecule has 6 atom stereocenters. The second-order valence-corrected chi connectivity index (χ2v) is 20.3. The van der Waals surface area contributed by atoms with Crippen molar-refractivity contribution in [2.45, 2.75) is 126 Å². The number of nitrogens with one attached hydrogen (secondary N) is 3. The molecule has 17 heteroatoms. The molecule has 3 fully saturated rings. The van der Waals surface area contributed by atoms with Crippen molar-refractivity contribution in [3.05, 3.63) is 66.0 Å². The van der Waals surface area contributed by atoms with Gasteiger partial charge < -0.3 is 44.4 Å². The van der Waals surface area contributed by atoms with Crippen molar-refractivity contribution >= 4 is 52.6 Å². The normalized spacial score (nSPS) is 26.3. The molecule has 2 saturated carbocycles. The highest BCUT2D eigenvalue weighted by Gasteiger charge is 2.66. The van der Waals surface area contributed by atoms with E-state index in [9.17, 15) is 23.8 Å². The molecule has 0 spiro atoms. The zero-order valence-electron chi connectivity index (χ0n) is 34.8. The maximum atomic E-state index is 14.8. The van der Waals surface area contributed by atoms with Gasteiger partial charge in [0.1, 0.15) is 52.5 Å². The number of anilines is 1. The first-order valence-electron chi connectivity index (χ1n) is 21.4. The molecule has 5 heterocycles. The first kappa shape index (κ1) is 42.8. The summed E-state index contributed by atoms with van der Waals surface area (Å²) in [5.74, 6) is 0.0411. The quantitative estimate of drug-likeness (QED) is 0.0840. The number of ether oxygens (including phenoxy) is 3. The predicted octanol–water partition coefficient (Wildman–Crippen LogP) is 7.99. The van der Waals surface area contributed by atoms with Gasteiger partial charge in [0.05, 0.1) is 37.3 Å². The number of alkyl carbamates (subject to hydrolysis) is 1. The van der Waals surface area contributed by atoms with E-state index in [1.807, 2.05) is 55.6 Å². The summed E-state index contributed by atoms with van der Waals surface area (Å²) in [6.07, 6.45) is 10.8. The molecular weight excluding hydrogens is 820 g/mol. The molecule has 2 aliphatic heterocycles. The van der Waals surface area contributed by atoms with Gasteiger partial charge in [0.2, 0.25) is 19.2 Å². The number of amides is 3. The summed E-state index contributed by atoms with van der Waals surface area (Å²) in [5, 5.41) is 11.1. The molecular formula is C44H55N6O9PS. The lowest BCUT2D eigenvalue weighted by atomic mass is 10.0. The number of hydrogen-bond acceptors (Lipinski definition) is 12. The summed E-state index contributed by atoms with van der Waals surface area (Å²) < 4.78 is 37.9. The highest BCUT2D eigenvalue weighted by molar-refractivity contribution is 7.59. The van der Waals surface area contributed by atoms with E-state index in [1.165, 1.54) is 22.5 Å². The Bertz CT molecular complexity index is 2290. The summed E-state index contributed by atoms with van der Waals surface area (Å²) in [6, 6.07) is 8.75. The van der Waals surface area contributed by atoms with Gasteiger partial charge in [0, 0.05) is 41.3 Å². The Morgan fingerprint density at radius 2 is 1.90 bits per heavy atom. The Morgan fingerprint density at radius 1 is 1.08 bits per heavy atom. The molecule has 3 amide bonds. The third kappa shape index (κ3) is 9.61. The molecule has 3 aromatic heterocycles. The molecule has 4 aromatic rings. The number of allylic oxidation sites excluding steroid dienone is 1. The number of hydrogen-bond donors (Lipinski definition) is 4. The van der Waals surface area contributed by atoms with Gasteiger partial charge in [-0.15, -0.1) is 11.3 Å². The van der Waals surface area contributed by atoms with Gasteiger partial charge in [-0.3, -0.25) is 14.2 Å². The van der Waals surface area contributed by atoms with Crippen molar-refractivity contribution in [3.63, 3.8) is 0 Å². The average Bonchev–Trinajstić information content (AvgIpc) is 3.86. The highest BCUT2D eigenvalue weighted by atomic mass is 32.1. The number of pyridine rings is 1. The molecule has 8 rings (SSSR count). The smallest absolute Gasteiger partial charge is 0.408 e. The molecule has 0 bridgehead atoms. The van der Waals surface area contributed by atoms with E-state index >= 15 is 0 Å². The van der Waals surface area contributed by atoms with Crippen LogP contribution in [0.15, 0.2) is 64.6 Å². The van der Waals surface area contributed by atoms with Crippen molar-refractivity contribution in [1.82, 2.24) is 25.5 Å². The second kappa shape index (κ2) is 18.2. The minimum Gasteiger partial charge on any atom is -0.497 e. The summed E-state index contributed by atoms with van der Waals surface area (Å²) in [5.41, 5.74) is 1.83. The van der Waals surface area contributed by atoms with Crippen LogP contribution in [0.2, 0.25) is 0 Å². The summed E-state index contributed by atoms with van der Waals surface area (Å²) in [4.78, 5) is 65.7. The number of rotatable bonds is 11. The standard InChI is InChI=1S/C44H55N6O9PS/c1-27(2)45-42-47-37(26-61-42)36-22-39(33-18-17-30(56-3)20-35(33)46-36)58-32-21-38-40(51)49-44(60(54,55)25-31-15-11-19-57-31)23-28(44)12-7-5-4-6-8-16-34(41(52)50(38)24-32)48-43(53)59-29-13-9-10-14-29/h7,11-12,15,17-20,22,26-29,32,34,38H,4-6,8-10,13-14,16,21,23-25H2,1-3H3,(H,45,47)(H,48,53)(H,49,51)(H,54,55)/b12-7-/t28-,32-,34+,38+,44+/m1/s1. The van der Waals surface area contributed by atoms with E-state index in [1.54, 1.807) is 19.2 Å². The number of benzene rings is 1. The molecule has 4 aliphatic rings. The Kier molecular flexibility index (Phi) is 12.8. The van der Waals surface area contributed by atoms with Gasteiger partial charge in [0.15, 0.2) is 5.13 Å². The van der Waals surface area contributed by atoms with Gasteiger partial charge in [-0.1, -0.05) is 25.0 Å². The van der Waals surface area contributed by atoms with Crippen LogP contribution in [0.3, 0.4) is 0 Å². The molecule has 1 saturated heterocycles. The fourth-order valence-electron chi connectivity index (χ4n) is 8.82. The number of fused-ring (bicyclic) bond motifs is 3. The summed E-state index contributed by atoms with van der Waals surface area (Å²) >= 11 is 1.47. The van der Waals surface area contributed by atoms with Gasteiger partial charge >= 0.3 is 6.09 Å². The number of furan rings is 1.